The molecule has 1 aliphatic rings. The van der Waals surface area contributed by atoms with E-state index in [1.165, 1.54) is 0 Å². The molecule has 0 spiro atoms. The van der Waals surface area contributed by atoms with Gasteiger partial charge in [0.05, 0.1) is 0 Å². The maximum Gasteiger partial charge on any atom is 0.320 e. The van der Waals surface area contributed by atoms with Crippen molar-refractivity contribution in [1.82, 2.24) is 4.90 Å². The van der Waals surface area contributed by atoms with Gasteiger partial charge in [0, 0.05) is 23.6 Å². The molecule has 0 aromatic heterocycles. The predicted molar refractivity (Wildman–Crippen MR) is 69.1 cm³/mol. The molecule has 0 radical (unpaired) electrons. The molecule has 1 atom stereocenters. The lowest BCUT2D eigenvalue weighted by Gasteiger charge is -2.40. The molecular weight excluding hydrogens is 222 g/mol. The number of carboxylic acid groups (broad SMARTS) is 1. The Kier molecular flexibility index (Phi) is 5.12. The van der Waals surface area contributed by atoms with Crippen molar-refractivity contribution in [3.63, 3.8) is 0 Å². The lowest BCUT2D eigenvalue weighted by atomic mass is 10.1. The van der Waals surface area contributed by atoms with Crippen LogP contribution in [0.25, 0.3) is 0 Å². The van der Waals surface area contributed by atoms with Crippen molar-refractivity contribution in [3.8, 4) is 0 Å². The van der Waals surface area contributed by atoms with Crippen molar-refractivity contribution in [2.45, 2.75) is 50.8 Å². The Hall–Kier alpha value is -0.220. The Morgan fingerprint density at radius 2 is 2.25 bits per heavy atom. The fourth-order valence-corrected chi connectivity index (χ4v) is 3.31. The van der Waals surface area contributed by atoms with Gasteiger partial charge in [-0.15, -0.1) is 0 Å². The van der Waals surface area contributed by atoms with E-state index in [2.05, 4.69) is 25.7 Å². The molecule has 3 nitrogen and oxygen atoms in total. The first-order valence-electron chi connectivity index (χ1n) is 6.07. The van der Waals surface area contributed by atoms with Crippen molar-refractivity contribution < 1.29 is 9.90 Å². The molecule has 1 saturated heterocycles. The van der Waals surface area contributed by atoms with E-state index in [0.29, 0.717) is 0 Å². The zero-order valence-corrected chi connectivity index (χ0v) is 11.3. The number of carbonyl (C=O) groups is 1. The predicted octanol–water partition coefficient (Wildman–Crippen LogP) is 2.46. The second-order valence-electron chi connectivity index (χ2n) is 5.07. The van der Waals surface area contributed by atoms with Crippen LogP contribution in [0.2, 0.25) is 0 Å². The van der Waals surface area contributed by atoms with Crippen molar-refractivity contribution in [2.75, 3.05) is 18.8 Å². The first-order chi connectivity index (χ1) is 7.46. The summed E-state index contributed by atoms with van der Waals surface area (Å²) < 4.78 is 0.193. The van der Waals surface area contributed by atoms with Gasteiger partial charge in [0.25, 0.3) is 0 Å². The van der Waals surface area contributed by atoms with Crippen LogP contribution >= 0.6 is 11.8 Å². The second kappa shape index (κ2) is 5.92. The zero-order chi connectivity index (χ0) is 12.2. The van der Waals surface area contributed by atoms with E-state index in [4.69, 9.17) is 0 Å². The van der Waals surface area contributed by atoms with Crippen LogP contribution in [0.4, 0.5) is 0 Å². The Morgan fingerprint density at radius 3 is 2.75 bits per heavy atom. The largest absolute Gasteiger partial charge is 0.480 e. The van der Waals surface area contributed by atoms with Crippen LogP contribution in [0.5, 0.6) is 0 Å². The Bertz CT molecular complexity index is 243. The average molecular weight is 245 g/mol. The van der Waals surface area contributed by atoms with E-state index >= 15 is 0 Å². The summed E-state index contributed by atoms with van der Waals surface area (Å²) in [5, 5.41) is 9.27. The van der Waals surface area contributed by atoms with Crippen molar-refractivity contribution in [1.29, 1.82) is 0 Å². The van der Waals surface area contributed by atoms with E-state index in [9.17, 15) is 9.90 Å². The SMILES string of the molecule is CCCCC(C(=O)O)N1CCSC(C)(C)C1. The fraction of sp³-hybridized carbons (Fsp3) is 0.917. The minimum Gasteiger partial charge on any atom is -0.480 e. The van der Waals surface area contributed by atoms with Crippen molar-refractivity contribution >= 4 is 17.7 Å². The summed E-state index contributed by atoms with van der Waals surface area (Å²) in [6.45, 7) is 8.30. The second-order valence-corrected chi connectivity index (χ2v) is 6.88. The Morgan fingerprint density at radius 1 is 1.56 bits per heavy atom. The molecule has 4 heteroatoms. The molecule has 0 saturated carbocycles. The van der Waals surface area contributed by atoms with E-state index in [-0.39, 0.29) is 10.8 Å². The van der Waals surface area contributed by atoms with Crippen LogP contribution in [0.3, 0.4) is 0 Å². The minimum absolute atomic E-state index is 0.193. The van der Waals surface area contributed by atoms with E-state index in [0.717, 1.165) is 38.1 Å². The van der Waals surface area contributed by atoms with Gasteiger partial charge in [-0.1, -0.05) is 19.8 Å². The molecule has 0 aromatic carbocycles. The van der Waals surface area contributed by atoms with Crippen molar-refractivity contribution in [3.05, 3.63) is 0 Å². The van der Waals surface area contributed by atoms with Gasteiger partial charge in [-0.25, -0.2) is 0 Å². The van der Waals surface area contributed by atoms with Gasteiger partial charge >= 0.3 is 5.97 Å². The number of thioether (sulfide) groups is 1. The molecule has 16 heavy (non-hydrogen) atoms. The summed E-state index contributed by atoms with van der Waals surface area (Å²) in [5.41, 5.74) is 0. The van der Waals surface area contributed by atoms with Gasteiger partial charge < -0.3 is 5.11 Å². The molecule has 1 heterocycles. The topological polar surface area (TPSA) is 40.5 Å². The quantitative estimate of drug-likeness (QED) is 0.808. The molecule has 1 aliphatic heterocycles. The maximum atomic E-state index is 11.3. The number of hydrogen-bond donors (Lipinski definition) is 1. The van der Waals surface area contributed by atoms with Crippen LogP contribution < -0.4 is 0 Å². The normalized spacial score (nSPS) is 22.9. The van der Waals surface area contributed by atoms with Crippen LogP contribution in [-0.2, 0) is 4.79 Å². The Balaban J connectivity index is 2.59. The molecule has 1 unspecified atom stereocenters. The third-order valence-electron chi connectivity index (χ3n) is 3.01. The molecule has 1 N–H and O–H groups in total. The van der Waals surface area contributed by atoms with Crippen LogP contribution in [0, 0.1) is 0 Å². The minimum atomic E-state index is -0.656. The number of aliphatic carboxylic acids is 1. The van der Waals surface area contributed by atoms with Crippen LogP contribution in [0.1, 0.15) is 40.0 Å². The third-order valence-corrected chi connectivity index (χ3v) is 4.31. The number of rotatable bonds is 5. The van der Waals surface area contributed by atoms with Gasteiger partial charge in [-0.2, -0.15) is 11.8 Å². The number of unbranched alkanes of at least 4 members (excludes halogenated alkanes) is 1. The van der Waals surface area contributed by atoms with Crippen molar-refractivity contribution in [2.24, 2.45) is 0 Å². The van der Waals surface area contributed by atoms with E-state index in [1.807, 2.05) is 11.8 Å². The van der Waals surface area contributed by atoms with Crippen LogP contribution in [0.15, 0.2) is 0 Å². The summed E-state index contributed by atoms with van der Waals surface area (Å²) >= 11 is 1.94. The van der Waals surface area contributed by atoms with Gasteiger partial charge in [0.1, 0.15) is 6.04 Å². The zero-order valence-electron chi connectivity index (χ0n) is 10.5. The molecule has 1 rings (SSSR count). The highest BCUT2D eigenvalue weighted by atomic mass is 32.2. The maximum absolute atomic E-state index is 11.3. The summed E-state index contributed by atoms with van der Waals surface area (Å²) in [7, 11) is 0. The lowest BCUT2D eigenvalue weighted by molar-refractivity contribution is -0.143. The number of nitrogens with zero attached hydrogens (tertiary/aromatic N) is 1. The summed E-state index contributed by atoms with van der Waals surface area (Å²) in [4.78, 5) is 13.4. The van der Waals surface area contributed by atoms with Gasteiger partial charge in [0.2, 0.25) is 0 Å². The summed E-state index contributed by atoms with van der Waals surface area (Å²) in [6.07, 6.45) is 2.85. The first kappa shape index (κ1) is 13.8. The average Bonchev–Trinajstić information content (AvgIpc) is 2.16. The molecule has 94 valence electrons. The van der Waals surface area contributed by atoms with Gasteiger partial charge in [-0.05, 0) is 20.3 Å². The van der Waals surface area contributed by atoms with E-state index < -0.39 is 5.97 Å². The lowest BCUT2D eigenvalue weighted by Crippen LogP contribution is -2.51. The van der Waals surface area contributed by atoms with Gasteiger partial charge in [0.15, 0.2) is 0 Å². The number of carboxylic acids is 1. The highest BCUT2D eigenvalue weighted by Crippen LogP contribution is 2.31. The standard InChI is InChI=1S/C12H23NO2S/c1-4-5-6-10(11(14)15)13-7-8-16-12(2,3)9-13/h10H,4-9H2,1-3H3,(H,14,15). The fourth-order valence-electron chi connectivity index (χ4n) is 2.18. The highest BCUT2D eigenvalue weighted by Gasteiger charge is 2.33. The van der Waals surface area contributed by atoms with E-state index in [1.54, 1.807) is 0 Å². The van der Waals surface area contributed by atoms with Crippen LogP contribution in [-0.4, -0.2) is 45.6 Å². The Labute approximate surface area is 103 Å². The molecule has 0 bridgehead atoms. The third kappa shape index (κ3) is 3.98. The first-order valence-corrected chi connectivity index (χ1v) is 7.05. The molecule has 1 fully saturated rings. The molecule has 0 aliphatic carbocycles. The molecule has 0 amide bonds. The monoisotopic (exact) mass is 245 g/mol. The summed E-state index contributed by atoms with van der Waals surface area (Å²) in [5.74, 6) is 0.388. The summed E-state index contributed by atoms with van der Waals surface area (Å²) in [6, 6.07) is -0.278. The smallest absolute Gasteiger partial charge is 0.320 e. The highest BCUT2D eigenvalue weighted by molar-refractivity contribution is 8.00. The molecule has 0 aromatic rings. The molecular formula is C12H23NO2S. The number of hydrogen-bond acceptors (Lipinski definition) is 3. The van der Waals surface area contributed by atoms with Gasteiger partial charge in [-0.3, -0.25) is 9.69 Å².